The van der Waals surface area contributed by atoms with Gasteiger partial charge in [-0.25, -0.2) is 4.98 Å². The van der Waals surface area contributed by atoms with Crippen LogP contribution < -0.4 is 10.2 Å². The highest BCUT2D eigenvalue weighted by Crippen LogP contribution is 2.19. The van der Waals surface area contributed by atoms with Gasteiger partial charge in [0.05, 0.1) is 0 Å². The Balaban J connectivity index is 0.00000256. The number of aliphatic imine (C=N–C) groups is 1. The summed E-state index contributed by atoms with van der Waals surface area (Å²) in [6.07, 6.45) is 4.13. The Labute approximate surface area is 199 Å². The quantitative estimate of drug-likeness (QED) is 0.225. The van der Waals surface area contributed by atoms with E-state index in [1.807, 2.05) is 7.05 Å². The summed E-state index contributed by atoms with van der Waals surface area (Å²) in [6, 6.07) is 10.7. The van der Waals surface area contributed by atoms with Crippen LogP contribution in [-0.4, -0.2) is 64.6 Å². The highest BCUT2D eigenvalue weighted by Gasteiger charge is 2.21. The molecule has 0 unspecified atom stereocenters. The summed E-state index contributed by atoms with van der Waals surface area (Å²) in [5.74, 6) is 1.94. The van der Waals surface area contributed by atoms with Gasteiger partial charge in [0.25, 0.3) is 0 Å². The lowest BCUT2D eigenvalue weighted by atomic mass is 10.2. The summed E-state index contributed by atoms with van der Waals surface area (Å²) in [6.45, 7) is 7.81. The largest absolute Gasteiger partial charge is 0.356 e. The van der Waals surface area contributed by atoms with Crippen LogP contribution >= 0.6 is 35.5 Å². The zero-order valence-corrected chi connectivity index (χ0v) is 20.8. The number of fused-ring (bicyclic) bond motifs is 1. The Hall–Kier alpha value is -1.88. The van der Waals surface area contributed by atoms with Gasteiger partial charge in [-0.1, -0.05) is 25.1 Å². The van der Waals surface area contributed by atoms with E-state index in [2.05, 4.69) is 77.5 Å². The first-order valence-electron chi connectivity index (χ1n) is 10.4. The SMILES string of the molecule is CCc1nsc(N2CCN(C(=NC)NCCCn3ccc4ccccc43)CC2)n1.I. The van der Waals surface area contributed by atoms with Crippen molar-refractivity contribution in [3.05, 3.63) is 42.4 Å². The number of hydrogen-bond acceptors (Lipinski definition) is 5. The van der Waals surface area contributed by atoms with Crippen molar-refractivity contribution in [1.29, 1.82) is 0 Å². The Kier molecular flexibility index (Phi) is 8.32. The molecule has 9 heteroatoms. The Bertz CT molecular complexity index is 959. The molecule has 162 valence electrons. The van der Waals surface area contributed by atoms with E-state index >= 15 is 0 Å². The molecule has 0 spiro atoms. The van der Waals surface area contributed by atoms with Gasteiger partial charge in [0.1, 0.15) is 5.82 Å². The molecule has 7 nitrogen and oxygen atoms in total. The second kappa shape index (κ2) is 10.9. The first-order chi connectivity index (χ1) is 14.3. The monoisotopic (exact) mass is 539 g/mol. The van der Waals surface area contributed by atoms with E-state index in [0.717, 1.165) is 69.0 Å². The zero-order chi connectivity index (χ0) is 20.1. The van der Waals surface area contributed by atoms with E-state index in [4.69, 9.17) is 0 Å². The summed E-state index contributed by atoms with van der Waals surface area (Å²) in [5.41, 5.74) is 1.30. The van der Waals surface area contributed by atoms with Crippen molar-refractivity contribution < 1.29 is 0 Å². The van der Waals surface area contributed by atoms with E-state index in [0.29, 0.717) is 0 Å². The Morgan fingerprint density at radius 3 is 2.70 bits per heavy atom. The summed E-state index contributed by atoms with van der Waals surface area (Å²) in [7, 11) is 1.87. The van der Waals surface area contributed by atoms with Crippen LogP contribution in [0.1, 0.15) is 19.2 Å². The van der Waals surface area contributed by atoms with Gasteiger partial charge in [-0.15, -0.1) is 24.0 Å². The molecule has 3 heterocycles. The third-order valence-electron chi connectivity index (χ3n) is 5.37. The molecule has 2 aromatic heterocycles. The summed E-state index contributed by atoms with van der Waals surface area (Å²) in [5, 5.41) is 5.88. The fourth-order valence-corrected chi connectivity index (χ4v) is 4.54. The smallest absolute Gasteiger partial charge is 0.205 e. The highest BCUT2D eigenvalue weighted by molar-refractivity contribution is 14.0. The van der Waals surface area contributed by atoms with Crippen LogP contribution in [0.2, 0.25) is 0 Å². The van der Waals surface area contributed by atoms with Crippen LogP contribution in [0.5, 0.6) is 0 Å². The average Bonchev–Trinajstić information content (AvgIpc) is 3.41. The van der Waals surface area contributed by atoms with Gasteiger partial charge in [0.15, 0.2) is 5.96 Å². The highest BCUT2D eigenvalue weighted by atomic mass is 127. The van der Waals surface area contributed by atoms with Crippen LogP contribution in [-0.2, 0) is 13.0 Å². The molecule has 30 heavy (non-hydrogen) atoms. The van der Waals surface area contributed by atoms with Gasteiger partial charge in [0.2, 0.25) is 5.13 Å². The maximum Gasteiger partial charge on any atom is 0.205 e. The molecule has 0 atom stereocenters. The number of hydrogen-bond donors (Lipinski definition) is 1. The number of piperazine rings is 1. The molecular weight excluding hydrogens is 509 g/mol. The van der Waals surface area contributed by atoms with E-state index < -0.39 is 0 Å². The van der Waals surface area contributed by atoms with Gasteiger partial charge in [-0.3, -0.25) is 4.99 Å². The van der Waals surface area contributed by atoms with Crippen LogP contribution in [0.3, 0.4) is 0 Å². The summed E-state index contributed by atoms with van der Waals surface area (Å²) < 4.78 is 6.73. The second-order valence-electron chi connectivity index (χ2n) is 7.22. The van der Waals surface area contributed by atoms with Gasteiger partial charge >= 0.3 is 0 Å². The van der Waals surface area contributed by atoms with Crippen molar-refractivity contribution in [2.24, 2.45) is 4.99 Å². The predicted molar refractivity (Wildman–Crippen MR) is 136 cm³/mol. The Morgan fingerprint density at radius 2 is 1.97 bits per heavy atom. The molecule has 1 aromatic carbocycles. The number of rotatable bonds is 6. The van der Waals surface area contributed by atoms with Crippen molar-refractivity contribution >= 4 is 57.5 Å². The number of nitrogens with one attached hydrogen (secondary N) is 1. The third kappa shape index (κ3) is 5.23. The third-order valence-corrected chi connectivity index (χ3v) is 6.19. The summed E-state index contributed by atoms with van der Waals surface area (Å²) in [4.78, 5) is 13.8. The molecule has 0 bridgehead atoms. The molecule has 1 aliphatic rings. The molecule has 1 fully saturated rings. The number of nitrogens with zero attached hydrogens (tertiary/aromatic N) is 6. The molecule has 0 saturated carbocycles. The molecule has 0 amide bonds. The lowest BCUT2D eigenvalue weighted by Gasteiger charge is -2.36. The van der Waals surface area contributed by atoms with Gasteiger partial charge < -0.3 is 19.7 Å². The number of anilines is 1. The standard InChI is InChI=1S/C21H29N7S.HI/c1-3-19-24-21(29-25-19)28-15-13-27(14-16-28)20(22-2)23-10-6-11-26-12-9-17-7-4-5-8-18(17)26;/h4-5,7-9,12H,3,6,10-11,13-16H2,1-2H3,(H,22,23);1H. The van der Waals surface area contributed by atoms with Crippen molar-refractivity contribution in [3.63, 3.8) is 0 Å². The minimum atomic E-state index is 0. The maximum absolute atomic E-state index is 4.62. The van der Waals surface area contributed by atoms with E-state index in [-0.39, 0.29) is 24.0 Å². The predicted octanol–water partition coefficient (Wildman–Crippen LogP) is 3.46. The number of guanidine groups is 1. The molecule has 1 N–H and O–H groups in total. The van der Waals surface area contributed by atoms with Gasteiger partial charge in [-0.2, -0.15) is 4.37 Å². The van der Waals surface area contributed by atoms with Crippen LogP contribution in [0.4, 0.5) is 5.13 Å². The first-order valence-corrected chi connectivity index (χ1v) is 11.1. The van der Waals surface area contributed by atoms with Gasteiger partial charge in [-0.05, 0) is 23.9 Å². The average molecular weight is 539 g/mol. The Morgan fingerprint density at radius 1 is 1.17 bits per heavy atom. The maximum atomic E-state index is 4.62. The van der Waals surface area contributed by atoms with E-state index in [1.165, 1.54) is 22.4 Å². The minimum absolute atomic E-state index is 0. The van der Waals surface area contributed by atoms with Crippen LogP contribution in [0.25, 0.3) is 10.9 Å². The fraction of sp³-hybridized carbons (Fsp3) is 0.476. The number of aryl methyl sites for hydroxylation is 2. The number of para-hydroxylation sites is 1. The topological polar surface area (TPSA) is 61.6 Å². The van der Waals surface area contributed by atoms with Crippen molar-refractivity contribution in [3.8, 4) is 0 Å². The minimum Gasteiger partial charge on any atom is -0.356 e. The first kappa shape index (κ1) is 22.8. The van der Waals surface area contributed by atoms with Crippen molar-refractivity contribution in [2.45, 2.75) is 26.3 Å². The van der Waals surface area contributed by atoms with E-state index in [9.17, 15) is 0 Å². The van der Waals surface area contributed by atoms with Crippen LogP contribution in [0, 0.1) is 0 Å². The summed E-state index contributed by atoms with van der Waals surface area (Å²) >= 11 is 1.51. The lowest BCUT2D eigenvalue weighted by molar-refractivity contribution is 0.372. The fourth-order valence-electron chi connectivity index (χ4n) is 3.74. The molecular formula is C21H30IN7S. The number of benzene rings is 1. The molecule has 1 saturated heterocycles. The molecule has 3 aromatic rings. The van der Waals surface area contributed by atoms with Crippen LogP contribution in [0.15, 0.2) is 41.5 Å². The van der Waals surface area contributed by atoms with Crippen molar-refractivity contribution in [1.82, 2.24) is 24.1 Å². The molecule has 0 aliphatic carbocycles. The second-order valence-corrected chi connectivity index (χ2v) is 7.95. The van der Waals surface area contributed by atoms with Crippen molar-refractivity contribution in [2.75, 3.05) is 44.7 Å². The molecule has 4 rings (SSSR count). The van der Waals surface area contributed by atoms with E-state index in [1.54, 1.807) is 0 Å². The molecule has 0 radical (unpaired) electrons. The zero-order valence-electron chi connectivity index (χ0n) is 17.6. The number of aromatic nitrogens is 3. The van der Waals surface area contributed by atoms with Gasteiger partial charge in [0, 0.05) is 76.0 Å². The number of halogens is 1. The lowest BCUT2D eigenvalue weighted by Crippen LogP contribution is -2.52. The molecule has 1 aliphatic heterocycles. The normalized spacial score (nSPS) is 14.8.